The van der Waals surface area contributed by atoms with Gasteiger partial charge in [0.1, 0.15) is 5.82 Å². The lowest BCUT2D eigenvalue weighted by atomic mass is 9.95. The van der Waals surface area contributed by atoms with Crippen LogP contribution in [0.3, 0.4) is 0 Å². The molecule has 1 saturated heterocycles. The van der Waals surface area contributed by atoms with Crippen molar-refractivity contribution < 1.29 is 19.1 Å². The highest BCUT2D eigenvalue weighted by atomic mass is 19.1. The highest BCUT2D eigenvalue weighted by molar-refractivity contribution is 6.31. The van der Waals surface area contributed by atoms with E-state index in [0.717, 1.165) is 18.4 Å². The lowest BCUT2D eigenvalue weighted by Gasteiger charge is -2.34. The smallest absolute Gasteiger partial charge is 0.394 e. The number of hydrogen-bond donors (Lipinski definition) is 1. The summed E-state index contributed by atoms with van der Waals surface area (Å²) in [7, 11) is 0. The van der Waals surface area contributed by atoms with Crippen LogP contribution in [0.5, 0.6) is 0 Å². The molecule has 96 valence electrons. The van der Waals surface area contributed by atoms with Gasteiger partial charge in [0, 0.05) is 6.54 Å². The summed E-state index contributed by atoms with van der Waals surface area (Å²) in [6, 6.07) is 5.60. The zero-order valence-electron chi connectivity index (χ0n) is 9.80. The minimum absolute atomic E-state index is 0.261. The van der Waals surface area contributed by atoms with Gasteiger partial charge in [-0.15, -0.1) is 0 Å². The van der Waals surface area contributed by atoms with E-state index in [1.54, 1.807) is 12.1 Å². The highest BCUT2D eigenvalue weighted by Gasteiger charge is 2.31. The molecule has 0 aliphatic carbocycles. The monoisotopic (exact) mass is 251 g/mol. The number of aliphatic carboxylic acids is 1. The maximum absolute atomic E-state index is 12.9. The lowest BCUT2D eigenvalue weighted by molar-refractivity contribution is -0.158. The van der Waals surface area contributed by atoms with Gasteiger partial charge in [0.05, 0.1) is 6.04 Å². The average molecular weight is 251 g/mol. The standard InChI is InChI=1S/C13H14FNO3/c14-10-6-4-9(5-7-10)11-3-1-2-8-15(11)12(16)13(17)18/h4-7,11H,1-3,8H2,(H,17,18)/t11-/m0/s1. The van der Waals surface area contributed by atoms with E-state index in [0.29, 0.717) is 13.0 Å². The van der Waals surface area contributed by atoms with Gasteiger partial charge in [0.15, 0.2) is 0 Å². The van der Waals surface area contributed by atoms with Crippen molar-refractivity contribution in [3.05, 3.63) is 35.6 Å². The summed E-state index contributed by atoms with van der Waals surface area (Å²) in [5, 5.41) is 8.79. The predicted molar refractivity (Wildman–Crippen MR) is 62.3 cm³/mol. The predicted octanol–water partition coefficient (Wildman–Crippen LogP) is 1.96. The van der Waals surface area contributed by atoms with Gasteiger partial charge in [-0.25, -0.2) is 9.18 Å². The maximum Gasteiger partial charge on any atom is 0.394 e. The number of halogens is 1. The average Bonchev–Trinajstić information content (AvgIpc) is 2.39. The number of carbonyl (C=O) groups excluding carboxylic acids is 1. The summed E-state index contributed by atoms with van der Waals surface area (Å²) in [4.78, 5) is 23.7. The number of rotatable bonds is 1. The molecule has 1 fully saturated rings. The van der Waals surface area contributed by atoms with Gasteiger partial charge in [-0.05, 0) is 37.0 Å². The van der Waals surface area contributed by atoms with Crippen LogP contribution in [0.1, 0.15) is 30.9 Å². The van der Waals surface area contributed by atoms with Gasteiger partial charge in [0.25, 0.3) is 0 Å². The Morgan fingerprint density at radius 2 is 1.89 bits per heavy atom. The molecule has 1 atom stereocenters. The molecule has 0 aromatic heterocycles. The first kappa shape index (κ1) is 12.5. The fourth-order valence-electron chi connectivity index (χ4n) is 2.33. The third kappa shape index (κ3) is 2.50. The highest BCUT2D eigenvalue weighted by Crippen LogP contribution is 2.30. The second kappa shape index (κ2) is 5.16. The molecule has 0 bridgehead atoms. The fourth-order valence-corrected chi connectivity index (χ4v) is 2.33. The third-order valence-electron chi connectivity index (χ3n) is 3.20. The SMILES string of the molecule is O=C(O)C(=O)N1CCCC[C@H]1c1ccc(F)cc1. The number of likely N-dealkylation sites (tertiary alicyclic amines) is 1. The van der Waals surface area contributed by atoms with Crippen molar-refractivity contribution in [2.45, 2.75) is 25.3 Å². The Labute approximate surface area is 104 Å². The van der Waals surface area contributed by atoms with E-state index in [9.17, 15) is 14.0 Å². The molecule has 1 amide bonds. The molecular formula is C13H14FNO3. The van der Waals surface area contributed by atoms with Crippen molar-refractivity contribution in [2.24, 2.45) is 0 Å². The molecule has 0 unspecified atom stereocenters. The number of carbonyl (C=O) groups is 2. The van der Waals surface area contributed by atoms with E-state index in [4.69, 9.17) is 5.11 Å². The zero-order valence-corrected chi connectivity index (χ0v) is 9.80. The first-order valence-corrected chi connectivity index (χ1v) is 5.89. The molecule has 1 aliphatic heterocycles. The second-order valence-corrected chi connectivity index (χ2v) is 4.37. The van der Waals surface area contributed by atoms with E-state index < -0.39 is 11.9 Å². The summed E-state index contributed by atoms with van der Waals surface area (Å²) >= 11 is 0. The van der Waals surface area contributed by atoms with Crippen LogP contribution >= 0.6 is 0 Å². The summed E-state index contributed by atoms with van der Waals surface area (Å²) in [5.41, 5.74) is 0.783. The minimum atomic E-state index is -1.44. The van der Waals surface area contributed by atoms with Crippen LogP contribution in [0.25, 0.3) is 0 Å². The number of carboxylic acids is 1. The van der Waals surface area contributed by atoms with Gasteiger partial charge in [-0.3, -0.25) is 4.79 Å². The third-order valence-corrected chi connectivity index (χ3v) is 3.20. The quantitative estimate of drug-likeness (QED) is 0.776. The van der Waals surface area contributed by atoms with E-state index in [-0.39, 0.29) is 11.9 Å². The largest absolute Gasteiger partial charge is 0.474 e. The van der Waals surface area contributed by atoms with Crippen LogP contribution in [0, 0.1) is 5.82 Å². The molecule has 1 aliphatic rings. The molecule has 0 saturated carbocycles. The minimum Gasteiger partial charge on any atom is -0.474 e. The van der Waals surface area contributed by atoms with Crippen molar-refractivity contribution >= 4 is 11.9 Å². The van der Waals surface area contributed by atoms with Crippen LogP contribution in [-0.4, -0.2) is 28.4 Å². The van der Waals surface area contributed by atoms with Crippen molar-refractivity contribution in [1.82, 2.24) is 4.90 Å². The Morgan fingerprint density at radius 3 is 2.50 bits per heavy atom. The number of carboxylic acid groups (broad SMARTS) is 1. The Balaban J connectivity index is 2.25. The molecule has 1 aromatic carbocycles. The topological polar surface area (TPSA) is 57.6 Å². The number of amides is 1. The van der Waals surface area contributed by atoms with Gasteiger partial charge < -0.3 is 10.0 Å². The number of hydrogen-bond acceptors (Lipinski definition) is 2. The van der Waals surface area contributed by atoms with Crippen molar-refractivity contribution in [3.8, 4) is 0 Å². The number of nitrogens with zero attached hydrogens (tertiary/aromatic N) is 1. The summed E-state index contributed by atoms with van der Waals surface area (Å²) in [6.45, 7) is 0.438. The molecule has 5 heteroatoms. The van der Waals surface area contributed by atoms with Gasteiger partial charge in [-0.1, -0.05) is 12.1 Å². The van der Waals surface area contributed by atoms with E-state index >= 15 is 0 Å². The van der Waals surface area contributed by atoms with E-state index in [1.165, 1.54) is 17.0 Å². The van der Waals surface area contributed by atoms with Crippen molar-refractivity contribution in [1.29, 1.82) is 0 Å². The van der Waals surface area contributed by atoms with Crippen LogP contribution in [0.2, 0.25) is 0 Å². The molecule has 1 aromatic rings. The van der Waals surface area contributed by atoms with E-state index in [1.807, 2.05) is 0 Å². The first-order chi connectivity index (χ1) is 8.59. The van der Waals surface area contributed by atoms with Crippen LogP contribution in [0.15, 0.2) is 24.3 Å². The Kier molecular flexibility index (Phi) is 3.60. The Hall–Kier alpha value is -1.91. The summed E-state index contributed by atoms with van der Waals surface area (Å²) in [6.07, 6.45) is 2.45. The summed E-state index contributed by atoms with van der Waals surface area (Å²) in [5.74, 6) is -2.67. The molecule has 0 spiro atoms. The molecule has 2 rings (SSSR count). The maximum atomic E-state index is 12.9. The normalized spacial score (nSPS) is 19.6. The van der Waals surface area contributed by atoms with E-state index in [2.05, 4.69) is 0 Å². The van der Waals surface area contributed by atoms with Crippen molar-refractivity contribution in [3.63, 3.8) is 0 Å². The fraction of sp³-hybridized carbons (Fsp3) is 0.385. The van der Waals surface area contributed by atoms with Crippen molar-refractivity contribution in [2.75, 3.05) is 6.54 Å². The second-order valence-electron chi connectivity index (χ2n) is 4.37. The molecule has 4 nitrogen and oxygen atoms in total. The molecule has 0 radical (unpaired) electrons. The number of piperidine rings is 1. The Morgan fingerprint density at radius 1 is 1.22 bits per heavy atom. The zero-order chi connectivity index (χ0) is 13.1. The molecule has 1 heterocycles. The van der Waals surface area contributed by atoms with Gasteiger partial charge in [0.2, 0.25) is 0 Å². The van der Waals surface area contributed by atoms with Gasteiger partial charge in [-0.2, -0.15) is 0 Å². The number of benzene rings is 1. The molecule has 1 N–H and O–H groups in total. The lowest BCUT2D eigenvalue weighted by Crippen LogP contribution is -2.42. The van der Waals surface area contributed by atoms with Crippen LogP contribution < -0.4 is 0 Å². The van der Waals surface area contributed by atoms with Gasteiger partial charge >= 0.3 is 11.9 Å². The first-order valence-electron chi connectivity index (χ1n) is 5.89. The molecular weight excluding hydrogens is 237 g/mol. The van der Waals surface area contributed by atoms with Crippen LogP contribution in [0.4, 0.5) is 4.39 Å². The molecule has 18 heavy (non-hydrogen) atoms. The van der Waals surface area contributed by atoms with Crippen LogP contribution in [-0.2, 0) is 9.59 Å². The Bertz CT molecular complexity index is 458. The summed E-state index contributed by atoms with van der Waals surface area (Å²) < 4.78 is 12.9.